The van der Waals surface area contributed by atoms with E-state index in [1.54, 1.807) is 0 Å². The first-order chi connectivity index (χ1) is 7.74. The zero-order chi connectivity index (χ0) is 11.1. The minimum atomic E-state index is 0.400. The first-order valence-electron chi connectivity index (χ1n) is 5.52. The highest BCUT2D eigenvalue weighted by Gasteiger charge is 2.25. The Hall–Kier alpha value is -1.09. The Morgan fingerprint density at radius 1 is 1.38 bits per heavy atom. The summed E-state index contributed by atoms with van der Waals surface area (Å²) >= 11 is 3.46. The van der Waals surface area contributed by atoms with Crippen LogP contribution in [0.4, 0.5) is 0 Å². The molecule has 0 amide bonds. The highest BCUT2D eigenvalue weighted by Crippen LogP contribution is 2.36. The van der Waals surface area contributed by atoms with Gasteiger partial charge in [0.25, 0.3) is 0 Å². The summed E-state index contributed by atoms with van der Waals surface area (Å²) in [4.78, 5) is 14.6. The van der Waals surface area contributed by atoms with Gasteiger partial charge in [-0.1, -0.05) is 22.0 Å². The molecule has 0 bridgehead atoms. The Labute approximate surface area is 102 Å². The summed E-state index contributed by atoms with van der Waals surface area (Å²) in [5.41, 5.74) is 2.44. The number of nitrogens with one attached hydrogen (secondary N) is 1. The van der Waals surface area contributed by atoms with Gasteiger partial charge in [-0.15, -0.1) is 0 Å². The second-order valence-corrected chi connectivity index (χ2v) is 5.33. The summed E-state index contributed by atoms with van der Waals surface area (Å²) in [7, 11) is 0. The maximum Gasteiger partial charge on any atom is 0.133 e. The fourth-order valence-corrected chi connectivity index (χ4v) is 2.90. The van der Waals surface area contributed by atoms with Crippen molar-refractivity contribution in [1.29, 1.82) is 0 Å². The van der Waals surface area contributed by atoms with Gasteiger partial charge in [-0.2, -0.15) is 0 Å². The lowest BCUT2D eigenvalue weighted by atomic mass is 9.97. The number of H-pyrrole nitrogens is 1. The molecule has 0 spiro atoms. The first kappa shape index (κ1) is 10.1. The monoisotopic (exact) mass is 277 g/mol. The maximum absolute atomic E-state index is 11.3. The highest BCUT2D eigenvalue weighted by molar-refractivity contribution is 9.10. The second kappa shape index (κ2) is 3.74. The Morgan fingerprint density at radius 3 is 3.00 bits per heavy atom. The third-order valence-corrected chi connectivity index (χ3v) is 3.85. The number of rotatable bonds is 1. The van der Waals surface area contributed by atoms with Gasteiger partial charge in [-0.3, -0.25) is 4.79 Å². The van der Waals surface area contributed by atoms with Crippen LogP contribution in [0.15, 0.2) is 28.9 Å². The number of fused-ring (bicyclic) bond motifs is 1. The normalized spacial score (nSPS) is 20.8. The number of Topliss-reactive ketones (excluding diaryl/α,β-unsaturated/α-hetero) is 1. The summed E-state index contributed by atoms with van der Waals surface area (Å²) in [5, 5.41) is 1.25. The van der Waals surface area contributed by atoms with Crippen LogP contribution in [0.25, 0.3) is 10.9 Å². The number of ketones is 1. The Kier molecular flexibility index (Phi) is 2.36. The molecule has 1 aromatic heterocycles. The zero-order valence-electron chi connectivity index (χ0n) is 8.79. The molecule has 1 aromatic carbocycles. The van der Waals surface area contributed by atoms with Crippen LogP contribution in [0.5, 0.6) is 0 Å². The van der Waals surface area contributed by atoms with Crippen molar-refractivity contribution in [2.45, 2.75) is 25.2 Å². The van der Waals surface area contributed by atoms with Crippen LogP contribution in [0, 0.1) is 0 Å². The molecule has 1 saturated carbocycles. The van der Waals surface area contributed by atoms with Gasteiger partial charge in [-0.25, -0.2) is 0 Å². The molecule has 2 nitrogen and oxygen atoms in total. The van der Waals surface area contributed by atoms with Gasteiger partial charge in [0.1, 0.15) is 5.78 Å². The fraction of sp³-hybridized carbons (Fsp3) is 0.308. The SMILES string of the molecule is O=C1CC[C@H](c2c[nH]c3cc(Br)ccc23)C1. The van der Waals surface area contributed by atoms with Crippen LogP contribution in [0.1, 0.15) is 30.7 Å². The average molecular weight is 278 g/mol. The lowest BCUT2D eigenvalue weighted by Gasteiger charge is -2.05. The highest BCUT2D eigenvalue weighted by atomic mass is 79.9. The van der Waals surface area contributed by atoms with E-state index in [-0.39, 0.29) is 0 Å². The van der Waals surface area contributed by atoms with Gasteiger partial charge in [0.05, 0.1) is 0 Å². The Bertz CT molecular complexity index is 558. The number of benzene rings is 1. The van der Waals surface area contributed by atoms with E-state index in [9.17, 15) is 4.79 Å². The molecule has 0 unspecified atom stereocenters. The van der Waals surface area contributed by atoms with Crippen LogP contribution in [-0.2, 0) is 4.79 Å². The molecule has 1 N–H and O–H groups in total. The van der Waals surface area contributed by atoms with Crippen molar-refractivity contribution in [1.82, 2.24) is 4.98 Å². The van der Waals surface area contributed by atoms with E-state index >= 15 is 0 Å². The van der Waals surface area contributed by atoms with Crippen LogP contribution in [-0.4, -0.2) is 10.8 Å². The molecule has 1 atom stereocenters. The van der Waals surface area contributed by atoms with E-state index in [0.29, 0.717) is 18.1 Å². The standard InChI is InChI=1S/C13H12BrNO/c14-9-2-4-11-12(7-15-13(11)6-9)8-1-3-10(16)5-8/h2,4,6-8,15H,1,3,5H2/t8-/m0/s1. The fourth-order valence-electron chi connectivity index (χ4n) is 2.54. The minimum Gasteiger partial charge on any atom is -0.361 e. The van der Waals surface area contributed by atoms with Crippen LogP contribution in [0.3, 0.4) is 0 Å². The number of aromatic nitrogens is 1. The van der Waals surface area contributed by atoms with Crippen molar-refractivity contribution in [2.24, 2.45) is 0 Å². The smallest absolute Gasteiger partial charge is 0.133 e. The third kappa shape index (κ3) is 1.59. The molecular weight excluding hydrogens is 266 g/mol. The zero-order valence-corrected chi connectivity index (χ0v) is 10.4. The van der Waals surface area contributed by atoms with Crippen molar-refractivity contribution in [3.63, 3.8) is 0 Å². The number of hydrogen-bond acceptors (Lipinski definition) is 1. The molecule has 1 heterocycles. The molecule has 16 heavy (non-hydrogen) atoms. The summed E-state index contributed by atoms with van der Waals surface area (Å²) in [6, 6.07) is 6.25. The van der Waals surface area contributed by atoms with Gasteiger partial charge < -0.3 is 4.98 Å². The number of halogens is 1. The lowest BCUT2D eigenvalue weighted by Crippen LogP contribution is -1.92. The first-order valence-corrected chi connectivity index (χ1v) is 6.31. The number of hydrogen-bond donors (Lipinski definition) is 1. The maximum atomic E-state index is 11.3. The van der Waals surface area contributed by atoms with Crippen LogP contribution < -0.4 is 0 Å². The quantitative estimate of drug-likeness (QED) is 0.846. The number of carbonyl (C=O) groups excluding carboxylic acids is 1. The summed E-state index contributed by atoms with van der Waals surface area (Å²) in [5.74, 6) is 0.818. The van der Waals surface area contributed by atoms with Crippen molar-refractivity contribution in [3.05, 3.63) is 34.4 Å². The van der Waals surface area contributed by atoms with Crippen molar-refractivity contribution in [3.8, 4) is 0 Å². The number of aromatic amines is 1. The Morgan fingerprint density at radius 2 is 2.25 bits per heavy atom. The molecule has 0 saturated heterocycles. The van der Waals surface area contributed by atoms with Crippen molar-refractivity contribution >= 4 is 32.6 Å². The summed E-state index contributed by atoms with van der Waals surface area (Å²) in [6.45, 7) is 0. The predicted octanol–water partition coefficient (Wildman–Crippen LogP) is 3.77. The molecule has 2 aromatic rings. The molecule has 1 fully saturated rings. The van der Waals surface area contributed by atoms with Gasteiger partial charge in [0.2, 0.25) is 0 Å². The van der Waals surface area contributed by atoms with Crippen molar-refractivity contribution in [2.75, 3.05) is 0 Å². The topological polar surface area (TPSA) is 32.9 Å². The van der Waals surface area contributed by atoms with Crippen molar-refractivity contribution < 1.29 is 4.79 Å². The van der Waals surface area contributed by atoms with Gasteiger partial charge in [0.15, 0.2) is 0 Å². The third-order valence-electron chi connectivity index (χ3n) is 3.36. The van der Waals surface area contributed by atoms with E-state index in [0.717, 1.165) is 22.8 Å². The van der Waals surface area contributed by atoms with E-state index in [2.05, 4.69) is 45.3 Å². The largest absolute Gasteiger partial charge is 0.361 e. The van der Waals surface area contributed by atoms with Crippen LogP contribution >= 0.6 is 15.9 Å². The van der Waals surface area contributed by atoms with E-state index in [1.165, 1.54) is 10.9 Å². The van der Waals surface area contributed by atoms with Crippen LogP contribution in [0.2, 0.25) is 0 Å². The summed E-state index contributed by atoms with van der Waals surface area (Å²) < 4.78 is 1.08. The second-order valence-electron chi connectivity index (χ2n) is 4.41. The summed E-state index contributed by atoms with van der Waals surface area (Å²) in [6.07, 6.45) is 4.51. The molecule has 82 valence electrons. The van der Waals surface area contributed by atoms with E-state index in [1.807, 2.05) is 0 Å². The minimum absolute atomic E-state index is 0.400. The van der Waals surface area contributed by atoms with Gasteiger partial charge in [-0.05, 0) is 30.0 Å². The predicted molar refractivity (Wildman–Crippen MR) is 67.6 cm³/mol. The molecule has 0 radical (unpaired) electrons. The van der Waals surface area contributed by atoms with E-state index < -0.39 is 0 Å². The molecule has 3 rings (SSSR count). The van der Waals surface area contributed by atoms with E-state index in [4.69, 9.17) is 0 Å². The molecule has 0 aliphatic heterocycles. The lowest BCUT2D eigenvalue weighted by molar-refractivity contribution is -0.117. The number of carbonyl (C=O) groups is 1. The average Bonchev–Trinajstić information content (AvgIpc) is 2.83. The van der Waals surface area contributed by atoms with Gasteiger partial charge >= 0.3 is 0 Å². The molecule has 1 aliphatic rings. The van der Waals surface area contributed by atoms with Gasteiger partial charge in [0, 0.05) is 34.4 Å². The Balaban J connectivity index is 2.07. The molecule has 1 aliphatic carbocycles. The molecular formula is C13H12BrNO. The molecule has 3 heteroatoms.